The van der Waals surface area contributed by atoms with Crippen molar-refractivity contribution in [3.63, 3.8) is 0 Å². The minimum atomic E-state index is 0.00222. The molecular formula is C8H12BrNO. The maximum atomic E-state index is 11.4. The number of rotatable bonds is 2. The van der Waals surface area contributed by atoms with Crippen molar-refractivity contribution >= 4 is 21.8 Å². The molecule has 1 rings (SSSR count). The highest BCUT2D eigenvalue weighted by atomic mass is 79.9. The summed E-state index contributed by atoms with van der Waals surface area (Å²) >= 11 is 3.33. The van der Waals surface area contributed by atoms with Crippen LogP contribution in [0.2, 0.25) is 0 Å². The number of amides is 1. The third-order valence-electron chi connectivity index (χ3n) is 1.76. The minimum Gasteiger partial charge on any atom is -0.334 e. The summed E-state index contributed by atoms with van der Waals surface area (Å²) in [7, 11) is 0. The molecule has 1 atom stereocenters. The van der Waals surface area contributed by atoms with Gasteiger partial charge in [-0.3, -0.25) is 4.79 Å². The standard InChI is InChI=1S/C8H12BrNO/c1-2-7(9)8(11)10-5-3-4-6-10/h3-4,7H,2,5-6H2,1H3. The molecule has 0 aromatic carbocycles. The molecule has 0 spiro atoms. The van der Waals surface area contributed by atoms with Gasteiger partial charge in [0, 0.05) is 13.1 Å². The highest BCUT2D eigenvalue weighted by Crippen LogP contribution is 2.11. The molecule has 0 aromatic rings. The number of halogens is 1. The maximum absolute atomic E-state index is 11.4. The lowest BCUT2D eigenvalue weighted by molar-refractivity contribution is -0.129. The van der Waals surface area contributed by atoms with Gasteiger partial charge in [-0.15, -0.1) is 0 Å². The van der Waals surface area contributed by atoms with Gasteiger partial charge in [0.05, 0.1) is 4.83 Å². The number of carbonyl (C=O) groups is 1. The topological polar surface area (TPSA) is 20.3 Å². The van der Waals surface area contributed by atoms with E-state index in [9.17, 15) is 4.79 Å². The first kappa shape index (κ1) is 8.78. The quantitative estimate of drug-likeness (QED) is 0.508. The van der Waals surface area contributed by atoms with Crippen molar-refractivity contribution in [3.8, 4) is 0 Å². The Kier molecular flexibility index (Phi) is 3.12. The van der Waals surface area contributed by atoms with E-state index in [4.69, 9.17) is 0 Å². The third-order valence-corrected chi connectivity index (χ3v) is 2.80. The largest absolute Gasteiger partial charge is 0.334 e. The Labute approximate surface area is 75.4 Å². The molecule has 0 radical (unpaired) electrons. The van der Waals surface area contributed by atoms with Crippen LogP contribution in [0.15, 0.2) is 12.2 Å². The van der Waals surface area contributed by atoms with Crippen LogP contribution in [0.1, 0.15) is 13.3 Å². The normalized spacial score (nSPS) is 18.9. The van der Waals surface area contributed by atoms with Crippen LogP contribution in [0, 0.1) is 0 Å². The van der Waals surface area contributed by atoms with E-state index in [1.165, 1.54) is 0 Å². The number of hydrogen-bond acceptors (Lipinski definition) is 1. The molecule has 1 heterocycles. The molecule has 0 saturated heterocycles. The average molecular weight is 218 g/mol. The first-order chi connectivity index (χ1) is 5.25. The fraction of sp³-hybridized carbons (Fsp3) is 0.625. The number of hydrogen-bond donors (Lipinski definition) is 0. The van der Waals surface area contributed by atoms with E-state index in [2.05, 4.69) is 15.9 Å². The van der Waals surface area contributed by atoms with Gasteiger partial charge in [-0.1, -0.05) is 35.0 Å². The van der Waals surface area contributed by atoms with Gasteiger partial charge in [-0.05, 0) is 6.42 Å². The monoisotopic (exact) mass is 217 g/mol. The SMILES string of the molecule is CCC(Br)C(=O)N1CC=CC1. The average Bonchev–Trinajstić information content (AvgIpc) is 2.53. The molecule has 62 valence electrons. The summed E-state index contributed by atoms with van der Waals surface area (Å²) in [6, 6.07) is 0. The van der Waals surface area contributed by atoms with Crippen LogP contribution in [0.4, 0.5) is 0 Å². The van der Waals surface area contributed by atoms with Crippen LogP contribution in [0.3, 0.4) is 0 Å². The van der Waals surface area contributed by atoms with Crippen LogP contribution in [0.5, 0.6) is 0 Å². The van der Waals surface area contributed by atoms with Crippen LogP contribution < -0.4 is 0 Å². The lowest BCUT2D eigenvalue weighted by atomic mass is 10.3. The molecule has 0 N–H and O–H groups in total. The fourth-order valence-corrected chi connectivity index (χ4v) is 1.32. The van der Waals surface area contributed by atoms with Gasteiger partial charge in [0.1, 0.15) is 0 Å². The van der Waals surface area contributed by atoms with Gasteiger partial charge >= 0.3 is 0 Å². The lowest BCUT2D eigenvalue weighted by Gasteiger charge is -2.17. The molecule has 1 aliphatic heterocycles. The first-order valence-corrected chi connectivity index (χ1v) is 4.75. The Morgan fingerprint density at radius 2 is 2.18 bits per heavy atom. The van der Waals surface area contributed by atoms with Gasteiger partial charge < -0.3 is 4.90 Å². The second kappa shape index (κ2) is 3.90. The highest BCUT2D eigenvalue weighted by molar-refractivity contribution is 9.10. The molecule has 1 unspecified atom stereocenters. The van der Waals surface area contributed by atoms with Crippen molar-refractivity contribution < 1.29 is 4.79 Å². The zero-order valence-electron chi connectivity index (χ0n) is 6.59. The molecule has 1 aliphatic rings. The van der Waals surface area contributed by atoms with E-state index >= 15 is 0 Å². The Morgan fingerprint density at radius 1 is 1.64 bits per heavy atom. The predicted molar refractivity (Wildman–Crippen MR) is 48.7 cm³/mol. The first-order valence-electron chi connectivity index (χ1n) is 3.83. The van der Waals surface area contributed by atoms with Crippen molar-refractivity contribution in [1.82, 2.24) is 4.90 Å². The van der Waals surface area contributed by atoms with Crippen LogP contribution in [-0.2, 0) is 4.79 Å². The van der Waals surface area contributed by atoms with Crippen LogP contribution in [0.25, 0.3) is 0 Å². The van der Waals surface area contributed by atoms with Crippen molar-refractivity contribution in [2.24, 2.45) is 0 Å². The van der Waals surface area contributed by atoms with E-state index in [0.29, 0.717) is 0 Å². The summed E-state index contributed by atoms with van der Waals surface area (Å²) in [5.41, 5.74) is 0. The summed E-state index contributed by atoms with van der Waals surface area (Å²) in [5.74, 6) is 0.206. The number of alkyl halides is 1. The highest BCUT2D eigenvalue weighted by Gasteiger charge is 2.20. The zero-order chi connectivity index (χ0) is 8.27. The van der Waals surface area contributed by atoms with Crippen LogP contribution >= 0.6 is 15.9 Å². The smallest absolute Gasteiger partial charge is 0.236 e. The van der Waals surface area contributed by atoms with E-state index in [-0.39, 0.29) is 10.7 Å². The molecule has 1 amide bonds. The van der Waals surface area contributed by atoms with Crippen LogP contribution in [-0.4, -0.2) is 28.7 Å². The van der Waals surface area contributed by atoms with Gasteiger partial charge in [-0.25, -0.2) is 0 Å². The van der Waals surface area contributed by atoms with Gasteiger partial charge in [0.25, 0.3) is 0 Å². The van der Waals surface area contributed by atoms with Gasteiger partial charge in [-0.2, -0.15) is 0 Å². The molecule has 11 heavy (non-hydrogen) atoms. The summed E-state index contributed by atoms with van der Waals surface area (Å²) in [4.78, 5) is 13.3. The number of nitrogens with zero attached hydrogens (tertiary/aromatic N) is 1. The summed E-state index contributed by atoms with van der Waals surface area (Å²) in [6.07, 6.45) is 4.90. The van der Waals surface area contributed by atoms with Crippen molar-refractivity contribution in [1.29, 1.82) is 0 Å². The maximum Gasteiger partial charge on any atom is 0.236 e. The summed E-state index contributed by atoms with van der Waals surface area (Å²) < 4.78 is 0. The van der Waals surface area contributed by atoms with Gasteiger partial charge in [0.2, 0.25) is 5.91 Å². The molecule has 0 fully saturated rings. The molecule has 0 saturated carbocycles. The molecule has 0 aliphatic carbocycles. The van der Waals surface area contributed by atoms with Crippen molar-refractivity contribution in [2.75, 3.05) is 13.1 Å². The van der Waals surface area contributed by atoms with Crippen molar-refractivity contribution in [2.45, 2.75) is 18.2 Å². The van der Waals surface area contributed by atoms with Gasteiger partial charge in [0.15, 0.2) is 0 Å². The van der Waals surface area contributed by atoms with Crippen molar-refractivity contribution in [3.05, 3.63) is 12.2 Å². The molecule has 0 bridgehead atoms. The molecule has 3 heteroatoms. The Hall–Kier alpha value is -0.310. The predicted octanol–water partition coefficient (Wildman–Crippen LogP) is 1.56. The van der Waals surface area contributed by atoms with E-state index in [1.807, 2.05) is 24.0 Å². The van der Waals surface area contributed by atoms with E-state index in [0.717, 1.165) is 19.5 Å². The minimum absolute atomic E-state index is 0.00222. The van der Waals surface area contributed by atoms with E-state index in [1.54, 1.807) is 0 Å². The molecule has 2 nitrogen and oxygen atoms in total. The summed E-state index contributed by atoms with van der Waals surface area (Å²) in [5, 5.41) is 0. The second-order valence-electron chi connectivity index (χ2n) is 2.59. The second-order valence-corrected chi connectivity index (χ2v) is 3.70. The Balaban J connectivity index is 2.41. The lowest BCUT2D eigenvalue weighted by Crippen LogP contribution is -2.34. The molecular weight excluding hydrogens is 206 g/mol. The summed E-state index contributed by atoms with van der Waals surface area (Å²) in [6.45, 7) is 3.56. The zero-order valence-corrected chi connectivity index (χ0v) is 8.17. The van der Waals surface area contributed by atoms with E-state index < -0.39 is 0 Å². The Bertz CT molecular complexity index is 171. The number of carbonyl (C=O) groups excluding carboxylic acids is 1. The third kappa shape index (κ3) is 2.06. The molecule has 0 aromatic heterocycles. The fourth-order valence-electron chi connectivity index (χ4n) is 1.03. The Morgan fingerprint density at radius 3 is 2.64 bits per heavy atom.